The molecule has 1 aliphatic carbocycles. The van der Waals surface area contributed by atoms with E-state index in [0.717, 1.165) is 33.1 Å². The van der Waals surface area contributed by atoms with Gasteiger partial charge in [0.2, 0.25) is 0 Å². The van der Waals surface area contributed by atoms with Crippen molar-refractivity contribution in [2.45, 2.75) is 19.3 Å². The molecule has 1 aromatic heterocycles. The van der Waals surface area contributed by atoms with Crippen LogP contribution in [0.3, 0.4) is 0 Å². The Morgan fingerprint density at radius 3 is 1.60 bits per heavy atom. The molecule has 0 fully saturated rings. The van der Waals surface area contributed by atoms with Gasteiger partial charge in [-0.05, 0) is 99.6 Å². The number of fused-ring (bicyclic) bond motifs is 10. The van der Waals surface area contributed by atoms with E-state index in [1.807, 2.05) is 6.07 Å². The van der Waals surface area contributed by atoms with Crippen LogP contribution in [-0.2, 0) is 5.41 Å². The minimum Gasteiger partial charge on any atom is -0.455 e. The minimum atomic E-state index is -0.0990. The summed E-state index contributed by atoms with van der Waals surface area (Å²) in [5.74, 6) is 0. The van der Waals surface area contributed by atoms with Gasteiger partial charge in [0.05, 0.1) is 0 Å². The maximum absolute atomic E-state index is 6.59. The summed E-state index contributed by atoms with van der Waals surface area (Å²) in [6.45, 7) is 4.77. The first kappa shape index (κ1) is 33.0. The summed E-state index contributed by atoms with van der Waals surface area (Å²) in [4.78, 5) is 0. The second kappa shape index (κ2) is 12.4. The molecule has 11 aromatic rings. The van der Waals surface area contributed by atoms with Gasteiger partial charge in [-0.2, -0.15) is 0 Å². The molecule has 272 valence electrons. The zero-order valence-electron chi connectivity index (χ0n) is 32.4. The molecule has 0 saturated heterocycles. The highest BCUT2D eigenvalue weighted by Gasteiger charge is 2.38. The van der Waals surface area contributed by atoms with Crippen LogP contribution in [0.5, 0.6) is 0 Å². The van der Waals surface area contributed by atoms with Gasteiger partial charge >= 0.3 is 0 Å². The monoisotopic (exact) mass is 738 g/mol. The third-order valence-electron chi connectivity index (χ3n) is 12.9. The van der Waals surface area contributed by atoms with Crippen LogP contribution in [0.2, 0.25) is 0 Å². The largest absolute Gasteiger partial charge is 0.455 e. The Morgan fingerprint density at radius 2 is 0.862 bits per heavy atom. The summed E-state index contributed by atoms with van der Waals surface area (Å²) in [5.41, 5.74) is 16.9. The van der Waals surface area contributed by atoms with E-state index in [1.54, 1.807) is 0 Å². The lowest BCUT2D eigenvalue weighted by atomic mass is 9.80. The van der Waals surface area contributed by atoms with Crippen molar-refractivity contribution < 1.29 is 4.42 Å². The van der Waals surface area contributed by atoms with E-state index < -0.39 is 0 Å². The topological polar surface area (TPSA) is 13.1 Å². The third-order valence-corrected chi connectivity index (χ3v) is 12.9. The summed E-state index contributed by atoms with van der Waals surface area (Å²) in [5, 5.41) is 9.87. The van der Waals surface area contributed by atoms with Gasteiger partial charge in [0.1, 0.15) is 11.2 Å². The lowest BCUT2D eigenvalue weighted by Crippen LogP contribution is -2.15. The van der Waals surface area contributed by atoms with Gasteiger partial charge in [-0.1, -0.05) is 202 Å². The van der Waals surface area contributed by atoms with Crippen LogP contribution in [0.4, 0.5) is 0 Å². The quantitative estimate of drug-likeness (QED) is 0.164. The van der Waals surface area contributed by atoms with Crippen molar-refractivity contribution in [2.24, 2.45) is 0 Å². The smallest absolute Gasteiger partial charge is 0.143 e. The highest BCUT2D eigenvalue weighted by Crippen LogP contribution is 2.54. The zero-order chi connectivity index (χ0) is 38.5. The fourth-order valence-electron chi connectivity index (χ4n) is 10.3. The minimum absolute atomic E-state index is 0.0990. The summed E-state index contributed by atoms with van der Waals surface area (Å²) < 4.78 is 6.59. The number of hydrogen-bond acceptors (Lipinski definition) is 1. The first-order valence-corrected chi connectivity index (χ1v) is 20.3. The summed E-state index contributed by atoms with van der Waals surface area (Å²) >= 11 is 0. The average molecular weight is 739 g/mol. The van der Waals surface area contributed by atoms with Crippen molar-refractivity contribution in [3.8, 4) is 55.6 Å². The molecule has 1 heteroatoms. The van der Waals surface area contributed by atoms with Crippen molar-refractivity contribution in [1.82, 2.24) is 0 Å². The van der Waals surface area contributed by atoms with Crippen LogP contribution in [0.1, 0.15) is 25.0 Å². The van der Waals surface area contributed by atoms with Crippen LogP contribution < -0.4 is 0 Å². The molecular weight excluding hydrogens is 701 g/mol. The highest BCUT2D eigenvalue weighted by molar-refractivity contribution is 6.23. The molecule has 0 N–H and O–H groups in total. The average Bonchev–Trinajstić information content (AvgIpc) is 3.78. The number of rotatable bonds is 4. The number of benzene rings is 10. The van der Waals surface area contributed by atoms with Crippen LogP contribution in [0.15, 0.2) is 199 Å². The van der Waals surface area contributed by atoms with E-state index in [-0.39, 0.29) is 5.41 Å². The van der Waals surface area contributed by atoms with E-state index in [9.17, 15) is 0 Å². The predicted octanol–water partition coefficient (Wildman–Crippen LogP) is 16.0. The SMILES string of the molecule is CC1(C)c2cccc(-c3ccc(-c4c5ccccc5c(-c5ccccc5-c5cccc6c5oc5ccccc56)c5ccccc45)cc3)c2-c2ccc3ccccc3c21. The van der Waals surface area contributed by atoms with Gasteiger partial charge in [-0.25, -0.2) is 0 Å². The second-order valence-electron chi connectivity index (χ2n) is 16.3. The Morgan fingerprint density at radius 1 is 0.328 bits per heavy atom. The fourth-order valence-corrected chi connectivity index (χ4v) is 10.3. The van der Waals surface area contributed by atoms with E-state index in [4.69, 9.17) is 4.42 Å². The molecule has 0 spiro atoms. The molecule has 0 bridgehead atoms. The van der Waals surface area contributed by atoms with Crippen molar-refractivity contribution in [1.29, 1.82) is 0 Å². The maximum Gasteiger partial charge on any atom is 0.143 e. The number of hydrogen-bond donors (Lipinski definition) is 0. The Bertz CT molecular complexity index is 3410. The fraction of sp³-hybridized carbons (Fsp3) is 0.0526. The normalized spacial score (nSPS) is 13.1. The van der Waals surface area contributed by atoms with Gasteiger partial charge in [0.25, 0.3) is 0 Å². The van der Waals surface area contributed by atoms with Gasteiger partial charge in [0.15, 0.2) is 0 Å². The second-order valence-corrected chi connectivity index (χ2v) is 16.3. The first-order valence-electron chi connectivity index (χ1n) is 20.3. The zero-order valence-corrected chi connectivity index (χ0v) is 32.4. The molecule has 0 saturated carbocycles. The number of para-hydroxylation sites is 2. The van der Waals surface area contributed by atoms with Crippen molar-refractivity contribution in [3.05, 3.63) is 205 Å². The lowest BCUT2D eigenvalue weighted by Gasteiger charge is -2.23. The van der Waals surface area contributed by atoms with Crippen molar-refractivity contribution >= 4 is 54.3 Å². The molecule has 0 atom stereocenters. The van der Waals surface area contributed by atoms with Crippen molar-refractivity contribution in [3.63, 3.8) is 0 Å². The molecule has 1 aliphatic rings. The number of furan rings is 1. The van der Waals surface area contributed by atoms with Crippen LogP contribution in [-0.4, -0.2) is 0 Å². The van der Waals surface area contributed by atoms with Gasteiger partial charge in [-0.3, -0.25) is 0 Å². The van der Waals surface area contributed by atoms with Crippen LogP contribution >= 0.6 is 0 Å². The van der Waals surface area contributed by atoms with E-state index in [0.29, 0.717) is 0 Å². The highest BCUT2D eigenvalue weighted by atomic mass is 16.3. The molecular formula is C57H38O. The molecule has 58 heavy (non-hydrogen) atoms. The summed E-state index contributed by atoms with van der Waals surface area (Å²) in [6.07, 6.45) is 0. The first-order chi connectivity index (χ1) is 28.6. The molecule has 1 heterocycles. The molecule has 0 unspecified atom stereocenters. The molecule has 1 nitrogen and oxygen atoms in total. The van der Waals surface area contributed by atoms with Crippen LogP contribution in [0.25, 0.3) is 110 Å². The molecule has 0 amide bonds. The Balaban J connectivity index is 1.04. The predicted molar refractivity (Wildman–Crippen MR) is 246 cm³/mol. The molecule has 0 radical (unpaired) electrons. The standard InChI is InChI=1S/C57H38O/c1-57(2)50-27-14-24-38(54(50)49-34-33-35-15-3-4-16-39(35)55(49)57)36-29-31-37(32-30-36)52-43-20-7-9-22-45(43)53(46-23-10-8-21-44(46)52)42-19-6-5-17-40(42)47-25-13-26-48-41-18-11-12-28-51(41)58-56(47)48/h3-34H,1-2H3. The third kappa shape index (κ3) is 4.65. The van der Waals surface area contributed by atoms with Crippen molar-refractivity contribution in [2.75, 3.05) is 0 Å². The van der Waals surface area contributed by atoms with E-state index in [1.165, 1.54) is 88.0 Å². The maximum atomic E-state index is 6.59. The lowest BCUT2D eigenvalue weighted by molar-refractivity contribution is 0.666. The Kier molecular flexibility index (Phi) is 7.04. The molecule has 0 aliphatic heterocycles. The molecule has 12 rings (SSSR count). The summed E-state index contributed by atoms with van der Waals surface area (Å²) in [6, 6.07) is 71.2. The van der Waals surface area contributed by atoms with E-state index in [2.05, 4.69) is 202 Å². The van der Waals surface area contributed by atoms with Gasteiger partial charge in [-0.15, -0.1) is 0 Å². The Hall–Kier alpha value is -7.22. The molecule has 10 aromatic carbocycles. The van der Waals surface area contributed by atoms with Gasteiger partial charge in [0, 0.05) is 21.8 Å². The van der Waals surface area contributed by atoms with Gasteiger partial charge < -0.3 is 4.42 Å². The van der Waals surface area contributed by atoms with Crippen LogP contribution in [0, 0.1) is 0 Å². The van der Waals surface area contributed by atoms with E-state index >= 15 is 0 Å². The summed E-state index contributed by atoms with van der Waals surface area (Å²) in [7, 11) is 0. The Labute approximate surface area is 337 Å².